The number of carboxylic acids is 1. The van der Waals surface area contributed by atoms with E-state index >= 15 is 0 Å². The van der Waals surface area contributed by atoms with Crippen molar-refractivity contribution in [2.24, 2.45) is 0 Å². The van der Waals surface area contributed by atoms with Crippen molar-refractivity contribution in [3.8, 4) is 16.9 Å². The summed E-state index contributed by atoms with van der Waals surface area (Å²) in [5, 5.41) is 17.2. The summed E-state index contributed by atoms with van der Waals surface area (Å²) in [6.45, 7) is 0. The van der Waals surface area contributed by atoms with Gasteiger partial charge in [0.1, 0.15) is 11.6 Å². The van der Waals surface area contributed by atoms with Crippen molar-refractivity contribution in [1.82, 2.24) is 9.97 Å². The number of halogens is 1. The Hall–Kier alpha value is -4.72. The van der Waals surface area contributed by atoms with Crippen molar-refractivity contribution in [3.05, 3.63) is 94.4 Å². The normalized spacial score (nSPS) is 11.6. The van der Waals surface area contributed by atoms with Crippen LogP contribution in [0.4, 0.5) is 21.7 Å². The van der Waals surface area contributed by atoms with Crippen LogP contribution in [0.3, 0.4) is 0 Å². The first-order chi connectivity index (χ1) is 16.5. The molecule has 0 atom stereocenters. The van der Waals surface area contributed by atoms with Gasteiger partial charge >= 0.3 is 5.97 Å². The number of ether oxygens (including phenoxy) is 1. The summed E-state index contributed by atoms with van der Waals surface area (Å²) in [6.07, 6.45) is 5.10. The maximum Gasteiger partial charge on any atom is 0.335 e. The third kappa shape index (κ3) is 4.04. The van der Waals surface area contributed by atoms with Crippen molar-refractivity contribution >= 4 is 35.6 Å². The fraction of sp³-hybridized carbons (Fsp3) is 0.0385. The monoisotopic (exact) mass is 454 g/mol. The Balaban J connectivity index is 1.64. The molecule has 2 heterocycles. The molecule has 5 rings (SSSR count). The maximum absolute atomic E-state index is 14.6. The molecule has 168 valence electrons. The van der Waals surface area contributed by atoms with E-state index < -0.39 is 11.8 Å². The van der Waals surface area contributed by atoms with Crippen molar-refractivity contribution in [2.45, 2.75) is 0 Å². The van der Waals surface area contributed by atoms with Gasteiger partial charge in [0.2, 0.25) is 5.95 Å². The zero-order valence-corrected chi connectivity index (χ0v) is 18.0. The van der Waals surface area contributed by atoms with Gasteiger partial charge in [0.15, 0.2) is 0 Å². The molecule has 0 unspecified atom stereocenters. The van der Waals surface area contributed by atoms with Gasteiger partial charge in [0, 0.05) is 28.7 Å². The Kier molecular flexibility index (Phi) is 5.39. The minimum Gasteiger partial charge on any atom is -0.497 e. The number of benzene rings is 3. The molecule has 0 aliphatic carbocycles. The predicted molar refractivity (Wildman–Crippen MR) is 128 cm³/mol. The molecular formula is C26H19FN4O3. The van der Waals surface area contributed by atoms with Crippen LogP contribution in [0.5, 0.6) is 5.75 Å². The van der Waals surface area contributed by atoms with Crippen molar-refractivity contribution < 1.29 is 19.0 Å². The zero-order chi connectivity index (χ0) is 23.7. The number of aromatic carboxylic acids is 1. The Morgan fingerprint density at radius 3 is 2.74 bits per heavy atom. The smallest absolute Gasteiger partial charge is 0.335 e. The first-order valence-corrected chi connectivity index (χ1v) is 10.4. The van der Waals surface area contributed by atoms with Gasteiger partial charge < -0.3 is 20.5 Å². The van der Waals surface area contributed by atoms with Gasteiger partial charge in [-0.25, -0.2) is 19.2 Å². The van der Waals surface area contributed by atoms with E-state index in [0.717, 1.165) is 5.69 Å². The van der Waals surface area contributed by atoms with Gasteiger partial charge in [-0.15, -0.1) is 0 Å². The van der Waals surface area contributed by atoms with Crippen LogP contribution in [0.1, 0.15) is 16.1 Å². The topological polar surface area (TPSA) is 96.4 Å². The zero-order valence-electron chi connectivity index (χ0n) is 18.0. The lowest BCUT2D eigenvalue weighted by atomic mass is 9.98. The summed E-state index contributed by atoms with van der Waals surface area (Å²) in [6, 6.07) is 16.7. The van der Waals surface area contributed by atoms with Crippen LogP contribution in [-0.2, 0) is 0 Å². The first-order valence-electron chi connectivity index (χ1n) is 10.4. The number of fused-ring (bicyclic) bond motifs is 2. The van der Waals surface area contributed by atoms with Crippen LogP contribution in [0.15, 0.2) is 66.9 Å². The van der Waals surface area contributed by atoms with Crippen LogP contribution in [0.25, 0.3) is 23.4 Å². The molecule has 0 amide bonds. The minimum atomic E-state index is -1.10. The van der Waals surface area contributed by atoms with Gasteiger partial charge in [-0.1, -0.05) is 24.3 Å². The molecule has 0 radical (unpaired) electrons. The molecule has 0 saturated heterocycles. The number of aromatic nitrogens is 2. The number of hydrogen-bond donors (Lipinski definition) is 3. The van der Waals surface area contributed by atoms with E-state index in [1.165, 1.54) is 12.1 Å². The minimum absolute atomic E-state index is 0.0499. The summed E-state index contributed by atoms with van der Waals surface area (Å²) >= 11 is 0. The SMILES string of the molecule is COc1cccc(Nc2ncc3c(n2)C=c2cc(C(=O)O)cc(-c4ccccc4F)c2=CN3)c1. The molecule has 0 saturated carbocycles. The molecule has 0 fully saturated rings. The number of methoxy groups -OCH3 is 1. The lowest BCUT2D eigenvalue weighted by Gasteiger charge is -2.09. The van der Waals surface area contributed by atoms with Crippen LogP contribution in [0, 0.1) is 5.82 Å². The lowest BCUT2D eigenvalue weighted by molar-refractivity contribution is 0.0696. The molecule has 0 spiro atoms. The second kappa shape index (κ2) is 8.67. The highest BCUT2D eigenvalue weighted by atomic mass is 19.1. The summed E-state index contributed by atoms with van der Waals surface area (Å²) in [5.41, 5.74) is 2.76. The average Bonchev–Trinajstić information content (AvgIpc) is 3.02. The third-order valence-corrected chi connectivity index (χ3v) is 5.43. The number of carboxylic acid groups (broad SMARTS) is 1. The Morgan fingerprint density at radius 1 is 1.09 bits per heavy atom. The van der Waals surface area contributed by atoms with Crippen molar-refractivity contribution in [2.75, 3.05) is 17.7 Å². The quantitative estimate of drug-likeness (QED) is 0.423. The highest BCUT2D eigenvalue weighted by Crippen LogP contribution is 2.23. The molecule has 34 heavy (non-hydrogen) atoms. The van der Waals surface area contributed by atoms with E-state index in [2.05, 4.69) is 20.6 Å². The first kappa shape index (κ1) is 21.1. The fourth-order valence-electron chi connectivity index (χ4n) is 3.79. The number of nitrogens with zero attached hydrogens (tertiary/aromatic N) is 2. The molecule has 4 aromatic rings. The number of nitrogens with one attached hydrogen (secondary N) is 2. The Morgan fingerprint density at radius 2 is 1.94 bits per heavy atom. The molecule has 1 aromatic heterocycles. The number of rotatable bonds is 5. The van der Waals surface area contributed by atoms with Crippen LogP contribution in [0.2, 0.25) is 0 Å². The third-order valence-electron chi connectivity index (χ3n) is 5.43. The van der Waals surface area contributed by atoms with Crippen LogP contribution in [-0.4, -0.2) is 28.2 Å². The molecule has 8 heteroatoms. The van der Waals surface area contributed by atoms with Gasteiger partial charge in [-0.05, 0) is 47.2 Å². The van der Waals surface area contributed by atoms with E-state index in [-0.39, 0.29) is 5.56 Å². The number of anilines is 3. The van der Waals surface area contributed by atoms with Gasteiger partial charge in [-0.3, -0.25) is 0 Å². The second-order valence-corrected chi connectivity index (χ2v) is 7.59. The molecule has 1 aliphatic heterocycles. The molecular weight excluding hydrogens is 435 g/mol. The lowest BCUT2D eigenvalue weighted by Crippen LogP contribution is -2.29. The molecule has 1 aliphatic rings. The Bertz CT molecular complexity index is 1550. The average molecular weight is 454 g/mol. The van der Waals surface area contributed by atoms with Crippen molar-refractivity contribution in [1.29, 1.82) is 0 Å². The van der Waals surface area contributed by atoms with E-state index in [1.807, 2.05) is 24.3 Å². The standard InChI is InChI=1S/C26H19FN4O3/c1-34-18-6-4-5-17(12-18)30-26-29-14-24-23(31-26)11-15-9-16(25(32)33)10-20(21(15)13-28-24)19-7-2-3-8-22(19)27/h2-14,28H,1H3,(H,32,33)(H,29,30,31). The predicted octanol–water partition coefficient (Wildman–Crippen LogP) is 3.73. The number of hydrogen-bond acceptors (Lipinski definition) is 6. The highest BCUT2D eigenvalue weighted by Gasteiger charge is 2.15. The van der Waals surface area contributed by atoms with E-state index in [1.54, 1.807) is 49.8 Å². The molecule has 7 nitrogen and oxygen atoms in total. The molecule has 3 aromatic carbocycles. The van der Waals surface area contributed by atoms with Gasteiger partial charge in [0.05, 0.1) is 30.3 Å². The molecule has 3 N–H and O–H groups in total. The summed E-state index contributed by atoms with van der Waals surface area (Å²) < 4.78 is 19.9. The summed E-state index contributed by atoms with van der Waals surface area (Å²) in [4.78, 5) is 20.8. The van der Waals surface area contributed by atoms with Gasteiger partial charge in [-0.2, -0.15) is 0 Å². The van der Waals surface area contributed by atoms with Gasteiger partial charge in [0.25, 0.3) is 0 Å². The number of carbonyl (C=O) groups is 1. The second-order valence-electron chi connectivity index (χ2n) is 7.59. The highest BCUT2D eigenvalue weighted by molar-refractivity contribution is 5.90. The van der Waals surface area contributed by atoms with E-state index in [4.69, 9.17) is 4.74 Å². The maximum atomic E-state index is 14.6. The van der Waals surface area contributed by atoms with Crippen LogP contribution < -0.4 is 25.8 Å². The van der Waals surface area contributed by atoms with Crippen molar-refractivity contribution in [3.63, 3.8) is 0 Å². The fourth-order valence-corrected chi connectivity index (χ4v) is 3.79. The van der Waals surface area contributed by atoms with Crippen LogP contribution >= 0.6 is 0 Å². The summed E-state index contributed by atoms with van der Waals surface area (Å²) in [7, 11) is 1.59. The van der Waals surface area contributed by atoms with E-state index in [9.17, 15) is 14.3 Å². The largest absolute Gasteiger partial charge is 0.497 e. The summed E-state index contributed by atoms with van der Waals surface area (Å²) in [5.74, 6) is -0.489. The Labute approximate surface area is 193 Å². The van der Waals surface area contributed by atoms with E-state index in [0.29, 0.717) is 44.6 Å². The molecule has 0 bridgehead atoms.